The number of fused-ring (bicyclic) bond motifs is 4. The molecule has 1 spiro atoms. The van der Waals surface area contributed by atoms with E-state index in [1.54, 1.807) is 29.1 Å². The van der Waals surface area contributed by atoms with E-state index in [9.17, 15) is 14.0 Å². The Balaban J connectivity index is 1.58. The molecule has 170 valence electrons. The number of hydrogen-bond acceptors (Lipinski definition) is 5. The first-order valence-electron chi connectivity index (χ1n) is 11.1. The number of carbonyl (C=O) groups is 2. The molecule has 1 aromatic carbocycles. The van der Waals surface area contributed by atoms with Gasteiger partial charge in [-0.2, -0.15) is 4.39 Å². The fourth-order valence-corrected chi connectivity index (χ4v) is 5.01. The molecule has 0 atom stereocenters. The van der Waals surface area contributed by atoms with E-state index in [2.05, 4.69) is 9.97 Å². The van der Waals surface area contributed by atoms with Crippen LogP contribution in [0, 0.1) is 5.95 Å². The standard InChI is InChI=1S/C25H25FN4O3/c1-15(2)33-24(32)30-10-8-25(9-11-30)22-18-12-16(17-5-7-21(26)28-13-17)4-6-19(18)27-14-20(22)29(3)23(25)31/h4-7,12-15H,8-11H2,1-3H3. The molecule has 0 N–H and O–H groups in total. The van der Waals surface area contributed by atoms with Crippen LogP contribution < -0.4 is 4.90 Å². The molecule has 2 amide bonds. The first kappa shape index (κ1) is 21.3. The number of benzene rings is 1. The number of halogens is 1. The summed E-state index contributed by atoms with van der Waals surface area (Å²) in [4.78, 5) is 37.7. The Labute approximate surface area is 191 Å². The molecule has 7 nitrogen and oxygen atoms in total. The summed E-state index contributed by atoms with van der Waals surface area (Å²) in [6.07, 6.45) is 3.74. The average molecular weight is 448 g/mol. The zero-order chi connectivity index (χ0) is 23.3. The van der Waals surface area contributed by atoms with Crippen molar-refractivity contribution in [3.8, 4) is 11.1 Å². The molecular weight excluding hydrogens is 423 g/mol. The van der Waals surface area contributed by atoms with Gasteiger partial charge in [-0.1, -0.05) is 6.07 Å². The normalized spacial score (nSPS) is 17.2. The van der Waals surface area contributed by atoms with E-state index < -0.39 is 11.4 Å². The zero-order valence-corrected chi connectivity index (χ0v) is 18.8. The lowest BCUT2D eigenvalue weighted by Crippen LogP contribution is -2.50. The molecule has 2 aliphatic heterocycles. The predicted molar refractivity (Wildman–Crippen MR) is 122 cm³/mol. The fraction of sp³-hybridized carbons (Fsp3) is 0.360. The van der Waals surface area contributed by atoms with Gasteiger partial charge in [-0.05, 0) is 56.5 Å². The number of ether oxygens (including phenoxy) is 1. The Morgan fingerprint density at radius 3 is 2.48 bits per heavy atom. The summed E-state index contributed by atoms with van der Waals surface area (Å²) < 4.78 is 18.7. The average Bonchev–Trinajstić information content (AvgIpc) is 3.01. The number of hydrogen-bond donors (Lipinski definition) is 0. The van der Waals surface area contributed by atoms with Crippen molar-refractivity contribution in [2.75, 3.05) is 25.0 Å². The molecule has 0 bridgehead atoms. The van der Waals surface area contributed by atoms with E-state index in [1.807, 2.05) is 32.0 Å². The molecule has 4 heterocycles. The summed E-state index contributed by atoms with van der Waals surface area (Å²) in [7, 11) is 1.77. The molecule has 0 radical (unpaired) electrons. The molecule has 1 saturated heterocycles. The van der Waals surface area contributed by atoms with Crippen molar-refractivity contribution < 1.29 is 18.7 Å². The summed E-state index contributed by atoms with van der Waals surface area (Å²) in [6, 6.07) is 8.86. The number of likely N-dealkylation sites (N-methyl/N-ethyl adjacent to an activating group) is 1. The van der Waals surface area contributed by atoms with Crippen LogP contribution in [0.4, 0.5) is 14.9 Å². The summed E-state index contributed by atoms with van der Waals surface area (Å²) in [5, 5.41) is 0.894. The largest absolute Gasteiger partial charge is 0.447 e. The summed E-state index contributed by atoms with van der Waals surface area (Å²) in [6.45, 7) is 4.52. The molecule has 1 fully saturated rings. The number of aromatic nitrogens is 2. The molecule has 0 saturated carbocycles. The van der Waals surface area contributed by atoms with Gasteiger partial charge in [0.1, 0.15) is 0 Å². The van der Waals surface area contributed by atoms with Crippen molar-refractivity contribution in [2.24, 2.45) is 0 Å². The molecule has 3 aromatic rings. The minimum Gasteiger partial charge on any atom is -0.447 e. The van der Waals surface area contributed by atoms with Gasteiger partial charge in [0, 0.05) is 42.8 Å². The Bertz CT molecular complexity index is 1250. The summed E-state index contributed by atoms with van der Waals surface area (Å²) in [5.41, 5.74) is 3.47. The van der Waals surface area contributed by atoms with Crippen LogP contribution in [0.15, 0.2) is 42.7 Å². The molecule has 2 aliphatic rings. The number of likely N-dealkylation sites (tertiary alicyclic amines) is 1. The number of pyridine rings is 2. The number of anilines is 1. The van der Waals surface area contributed by atoms with Crippen LogP contribution in [0.3, 0.4) is 0 Å². The monoisotopic (exact) mass is 448 g/mol. The molecule has 8 heteroatoms. The topological polar surface area (TPSA) is 75.6 Å². The van der Waals surface area contributed by atoms with Gasteiger partial charge in [0.15, 0.2) is 0 Å². The van der Waals surface area contributed by atoms with E-state index in [-0.39, 0.29) is 18.1 Å². The first-order chi connectivity index (χ1) is 15.8. The van der Waals surface area contributed by atoms with Crippen molar-refractivity contribution in [1.29, 1.82) is 0 Å². The maximum absolute atomic E-state index is 13.5. The Morgan fingerprint density at radius 1 is 1.09 bits per heavy atom. The second kappa shape index (κ2) is 7.79. The Hall–Kier alpha value is -3.55. The van der Waals surface area contributed by atoms with E-state index in [0.717, 1.165) is 33.3 Å². The minimum atomic E-state index is -0.723. The highest BCUT2D eigenvalue weighted by Crippen LogP contribution is 2.50. The van der Waals surface area contributed by atoms with Crippen molar-refractivity contribution in [2.45, 2.75) is 38.2 Å². The van der Waals surface area contributed by atoms with Gasteiger partial charge in [0.05, 0.1) is 28.9 Å². The lowest BCUT2D eigenvalue weighted by Gasteiger charge is -2.38. The van der Waals surface area contributed by atoms with Gasteiger partial charge in [-0.25, -0.2) is 9.78 Å². The Kier molecular flexibility index (Phi) is 5.03. The van der Waals surface area contributed by atoms with Crippen molar-refractivity contribution in [1.82, 2.24) is 14.9 Å². The van der Waals surface area contributed by atoms with Crippen LogP contribution in [-0.4, -0.2) is 53.1 Å². The van der Waals surface area contributed by atoms with Crippen LogP contribution in [0.1, 0.15) is 32.3 Å². The van der Waals surface area contributed by atoms with Gasteiger partial charge in [-0.3, -0.25) is 9.78 Å². The van der Waals surface area contributed by atoms with E-state index in [0.29, 0.717) is 25.9 Å². The number of nitrogens with zero attached hydrogens (tertiary/aromatic N) is 4. The number of amides is 2. The highest BCUT2D eigenvalue weighted by atomic mass is 19.1. The predicted octanol–water partition coefficient (Wildman–Crippen LogP) is 4.29. The van der Waals surface area contributed by atoms with Crippen LogP contribution in [0.2, 0.25) is 0 Å². The SMILES string of the molecule is CC(C)OC(=O)N1CCC2(CC1)C(=O)N(C)c1cnc3ccc(-c4ccc(F)nc4)cc3c12. The third kappa shape index (κ3) is 3.41. The van der Waals surface area contributed by atoms with Crippen molar-refractivity contribution in [3.63, 3.8) is 0 Å². The zero-order valence-electron chi connectivity index (χ0n) is 18.8. The third-order valence-electron chi connectivity index (χ3n) is 6.67. The Morgan fingerprint density at radius 2 is 1.82 bits per heavy atom. The smallest absolute Gasteiger partial charge is 0.410 e. The molecule has 33 heavy (non-hydrogen) atoms. The molecule has 5 rings (SSSR count). The maximum atomic E-state index is 13.5. The first-order valence-corrected chi connectivity index (χ1v) is 11.1. The highest BCUT2D eigenvalue weighted by Gasteiger charge is 2.52. The van der Waals surface area contributed by atoms with Crippen LogP contribution in [0.5, 0.6) is 0 Å². The van der Waals surface area contributed by atoms with E-state index >= 15 is 0 Å². The van der Waals surface area contributed by atoms with Gasteiger partial charge in [0.25, 0.3) is 0 Å². The third-order valence-corrected chi connectivity index (χ3v) is 6.67. The maximum Gasteiger partial charge on any atom is 0.410 e. The number of rotatable bonds is 2. The van der Waals surface area contributed by atoms with Crippen LogP contribution >= 0.6 is 0 Å². The lowest BCUT2D eigenvalue weighted by molar-refractivity contribution is -0.124. The fourth-order valence-electron chi connectivity index (χ4n) is 5.01. The van der Waals surface area contributed by atoms with Crippen LogP contribution in [0.25, 0.3) is 22.0 Å². The van der Waals surface area contributed by atoms with Crippen molar-refractivity contribution >= 4 is 28.6 Å². The number of carbonyl (C=O) groups excluding carboxylic acids is 2. The van der Waals surface area contributed by atoms with Gasteiger partial charge in [-0.15, -0.1) is 0 Å². The molecule has 2 aromatic heterocycles. The minimum absolute atomic E-state index is 0.0255. The van der Waals surface area contributed by atoms with Crippen LogP contribution in [-0.2, 0) is 14.9 Å². The number of piperidine rings is 1. The second-order valence-corrected chi connectivity index (χ2v) is 8.99. The second-order valence-electron chi connectivity index (χ2n) is 8.99. The van der Waals surface area contributed by atoms with Gasteiger partial charge in [0.2, 0.25) is 11.9 Å². The van der Waals surface area contributed by atoms with E-state index in [1.165, 1.54) is 12.3 Å². The lowest BCUT2D eigenvalue weighted by atomic mass is 9.72. The summed E-state index contributed by atoms with van der Waals surface area (Å²) >= 11 is 0. The van der Waals surface area contributed by atoms with E-state index in [4.69, 9.17) is 4.74 Å². The molecule has 0 unspecified atom stereocenters. The highest BCUT2D eigenvalue weighted by molar-refractivity contribution is 6.12. The summed E-state index contributed by atoms with van der Waals surface area (Å²) in [5.74, 6) is -0.506. The molecular formula is C25H25FN4O3. The van der Waals surface area contributed by atoms with Gasteiger partial charge < -0.3 is 14.5 Å². The van der Waals surface area contributed by atoms with Crippen molar-refractivity contribution in [3.05, 3.63) is 54.2 Å². The quantitative estimate of drug-likeness (QED) is 0.547. The molecule has 0 aliphatic carbocycles. The van der Waals surface area contributed by atoms with Gasteiger partial charge >= 0.3 is 6.09 Å².